The Bertz CT molecular complexity index is 899. The topological polar surface area (TPSA) is 87.2 Å². The molecule has 25 heavy (non-hydrogen) atoms. The van der Waals surface area contributed by atoms with E-state index >= 15 is 0 Å². The van der Waals surface area contributed by atoms with Crippen LogP contribution < -0.4 is 21.5 Å². The summed E-state index contributed by atoms with van der Waals surface area (Å²) in [7, 11) is 3.94. The molecule has 0 unspecified atom stereocenters. The third kappa shape index (κ3) is 5.70. The molecule has 1 heterocycles. The third-order valence-corrected chi connectivity index (χ3v) is 3.47. The summed E-state index contributed by atoms with van der Waals surface area (Å²) in [6.45, 7) is 0.426. The minimum atomic E-state index is -0.527. The SMILES string of the molecule is CN(C)c1ccc(C#CCNC(=O)CCn2ccc(=O)[nH]c2=O)cc1. The van der Waals surface area contributed by atoms with Gasteiger partial charge in [0.05, 0.1) is 6.54 Å². The van der Waals surface area contributed by atoms with Gasteiger partial charge in [-0.25, -0.2) is 4.79 Å². The smallest absolute Gasteiger partial charge is 0.328 e. The van der Waals surface area contributed by atoms with E-state index in [9.17, 15) is 14.4 Å². The van der Waals surface area contributed by atoms with Crippen LogP contribution in [0.15, 0.2) is 46.1 Å². The summed E-state index contributed by atoms with van der Waals surface area (Å²) in [6, 6.07) is 9.04. The van der Waals surface area contributed by atoms with E-state index in [1.54, 1.807) is 0 Å². The normalized spacial score (nSPS) is 9.84. The summed E-state index contributed by atoms with van der Waals surface area (Å²) in [5.41, 5.74) is 0.983. The van der Waals surface area contributed by atoms with E-state index in [2.05, 4.69) is 22.1 Å². The van der Waals surface area contributed by atoms with Gasteiger partial charge in [0.25, 0.3) is 5.56 Å². The summed E-state index contributed by atoms with van der Waals surface area (Å²) in [6.07, 6.45) is 1.50. The molecule has 0 bridgehead atoms. The summed E-state index contributed by atoms with van der Waals surface area (Å²) in [5, 5.41) is 2.68. The van der Waals surface area contributed by atoms with Crippen LogP contribution in [-0.2, 0) is 11.3 Å². The molecule has 2 rings (SSSR count). The lowest BCUT2D eigenvalue weighted by Gasteiger charge is -2.11. The fourth-order valence-corrected chi connectivity index (χ4v) is 2.06. The molecule has 7 nitrogen and oxygen atoms in total. The second kappa shape index (κ2) is 8.55. The van der Waals surface area contributed by atoms with Crippen LogP contribution in [-0.4, -0.2) is 36.1 Å². The Morgan fingerprint density at radius 2 is 1.92 bits per heavy atom. The van der Waals surface area contributed by atoms with E-state index in [0.717, 1.165) is 11.3 Å². The van der Waals surface area contributed by atoms with Crippen molar-refractivity contribution in [2.45, 2.75) is 13.0 Å². The second-order valence-corrected chi connectivity index (χ2v) is 5.57. The monoisotopic (exact) mass is 340 g/mol. The summed E-state index contributed by atoms with van der Waals surface area (Å²) >= 11 is 0. The number of aromatic amines is 1. The lowest BCUT2D eigenvalue weighted by Crippen LogP contribution is -2.31. The number of hydrogen-bond acceptors (Lipinski definition) is 4. The highest BCUT2D eigenvalue weighted by molar-refractivity contribution is 5.76. The number of aromatic nitrogens is 2. The van der Waals surface area contributed by atoms with Crippen molar-refractivity contribution in [3.63, 3.8) is 0 Å². The number of benzene rings is 1. The summed E-state index contributed by atoms with van der Waals surface area (Å²) in [5.74, 6) is 5.65. The van der Waals surface area contributed by atoms with Gasteiger partial charge in [-0.3, -0.25) is 14.6 Å². The molecule has 0 aliphatic carbocycles. The number of amides is 1. The maximum absolute atomic E-state index is 11.8. The van der Waals surface area contributed by atoms with Crippen LogP contribution in [0.5, 0.6) is 0 Å². The molecule has 0 saturated carbocycles. The molecule has 0 atom stereocenters. The molecule has 0 aliphatic heterocycles. The van der Waals surface area contributed by atoms with Gasteiger partial charge in [-0.1, -0.05) is 11.8 Å². The van der Waals surface area contributed by atoms with E-state index < -0.39 is 11.2 Å². The van der Waals surface area contributed by atoms with Crippen molar-refractivity contribution in [2.24, 2.45) is 0 Å². The van der Waals surface area contributed by atoms with Gasteiger partial charge in [-0.05, 0) is 24.3 Å². The minimum absolute atomic E-state index is 0.130. The standard InChI is InChI=1S/C18H20N4O3/c1-21(2)15-7-5-14(6-8-15)4-3-11-19-16(23)9-12-22-13-10-17(24)20-18(22)25/h5-8,10,13H,9,11-12H2,1-2H3,(H,19,23)(H,20,24,25). The number of nitrogens with zero attached hydrogens (tertiary/aromatic N) is 2. The van der Waals surface area contributed by atoms with Crippen LogP contribution in [0.25, 0.3) is 0 Å². The number of carbonyl (C=O) groups is 1. The number of nitrogens with one attached hydrogen (secondary N) is 2. The van der Waals surface area contributed by atoms with Gasteiger partial charge in [0.1, 0.15) is 0 Å². The van der Waals surface area contributed by atoms with Crippen LogP contribution in [0.4, 0.5) is 5.69 Å². The predicted molar refractivity (Wildman–Crippen MR) is 96.6 cm³/mol. The van der Waals surface area contributed by atoms with Crippen molar-refractivity contribution in [3.05, 3.63) is 62.9 Å². The molecular formula is C18H20N4O3. The average Bonchev–Trinajstić information content (AvgIpc) is 2.58. The number of rotatable bonds is 5. The maximum atomic E-state index is 11.8. The van der Waals surface area contributed by atoms with E-state index in [-0.39, 0.29) is 25.4 Å². The van der Waals surface area contributed by atoms with Gasteiger partial charge in [0.15, 0.2) is 0 Å². The molecule has 0 fully saturated rings. The highest BCUT2D eigenvalue weighted by Gasteiger charge is 2.02. The van der Waals surface area contributed by atoms with Crippen molar-refractivity contribution in [2.75, 3.05) is 25.5 Å². The Morgan fingerprint density at radius 3 is 2.56 bits per heavy atom. The van der Waals surface area contributed by atoms with Crippen LogP contribution >= 0.6 is 0 Å². The number of carbonyl (C=O) groups excluding carboxylic acids is 1. The lowest BCUT2D eigenvalue weighted by molar-refractivity contribution is -0.121. The largest absolute Gasteiger partial charge is 0.378 e. The van der Waals surface area contributed by atoms with Crippen LogP contribution in [0, 0.1) is 11.8 Å². The Kier molecular flexibility index (Phi) is 6.18. The molecule has 0 saturated heterocycles. The van der Waals surface area contributed by atoms with Crippen LogP contribution in [0.1, 0.15) is 12.0 Å². The molecule has 0 radical (unpaired) electrons. The van der Waals surface area contributed by atoms with Crippen molar-refractivity contribution in [1.29, 1.82) is 0 Å². The molecule has 1 aromatic heterocycles. The fraction of sp³-hybridized carbons (Fsp3) is 0.278. The highest BCUT2D eigenvalue weighted by Crippen LogP contribution is 2.11. The van der Waals surface area contributed by atoms with E-state index in [4.69, 9.17) is 0 Å². The predicted octanol–water partition coefficient (Wildman–Crippen LogP) is 0.161. The van der Waals surface area contributed by atoms with Crippen LogP contribution in [0.2, 0.25) is 0 Å². The molecule has 130 valence electrons. The maximum Gasteiger partial charge on any atom is 0.328 e. The van der Waals surface area contributed by atoms with Gasteiger partial charge in [0, 0.05) is 50.6 Å². The van der Waals surface area contributed by atoms with E-state index in [1.165, 1.54) is 16.8 Å². The quantitative estimate of drug-likeness (QED) is 0.759. The van der Waals surface area contributed by atoms with Gasteiger partial charge in [-0.2, -0.15) is 0 Å². The van der Waals surface area contributed by atoms with Crippen molar-refractivity contribution >= 4 is 11.6 Å². The molecule has 2 N–H and O–H groups in total. The zero-order chi connectivity index (χ0) is 18.2. The van der Waals surface area contributed by atoms with E-state index in [0.29, 0.717) is 0 Å². The van der Waals surface area contributed by atoms with Gasteiger partial charge in [0.2, 0.25) is 5.91 Å². The Labute approximate surface area is 145 Å². The molecular weight excluding hydrogens is 320 g/mol. The third-order valence-electron chi connectivity index (χ3n) is 3.47. The Balaban J connectivity index is 1.79. The molecule has 1 aromatic carbocycles. The first-order valence-electron chi connectivity index (χ1n) is 7.78. The fourth-order valence-electron chi connectivity index (χ4n) is 2.06. The molecule has 7 heteroatoms. The first kappa shape index (κ1) is 18.1. The molecule has 2 aromatic rings. The first-order chi connectivity index (χ1) is 12.0. The molecule has 1 amide bonds. The van der Waals surface area contributed by atoms with Crippen molar-refractivity contribution in [3.8, 4) is 11.8 Å². The number of hydrogen-bond donors (Lipinski definition) is 2. The minimum Gasteiger partial charge on any atom is -0.378 e. The van der Waals surface area contributed by atoms with Gasteiger partial charge < -0.3 is 14.8 Å². The number of aryl methyl sites for hydroxylation is 1. The first-order valence-corrected chi connectivity index (χ1v) is 7.78. The van der Waals surface area contributed by atoms with Crippen molar-refractivity contribution in [1.82, 2.24) is 14.9 Å². The zero-order valence-corrected chi connectivity index (χ0v) is 14.2. The highest BCUT2D eigenvalue weighted by atomic mass is 16.2. The lowest BCUT2D eigenvalue weighted by atomic mass is 10.2. The average molecular weight is 340 g/mol. The summed E-state index contributed by atoms with van der Waals surface area (Å²) < 4.78 is 1.28. The molecule has 0 spiro atoms. The van der Waals surface area contributed by atoms with E-state index in [1.807, 2.05) is 43.3 Å². The summed E-state index contributed by atoms with van der Waals surface area (Å²) in [4.78, 5) is 38.3. The zero-order valence-electron chi connectivity index (χ0n) is 14.2. The second-order valence-electron chi connectivity index (χ2n) is 5.57. The van der Waals surface area contributed by atoms with Crippen LogP contribution in [0.3, 0.4) is 0 Å². The number of anilines is 1. The molecule has 0 aliphatic rings. The Morgan fingerprint density at radius 1 is 1.20 bits per heavy atom. The van der Waals surface area contributed by atoms with Gasteiger partial charge >= 0.3 is 5.69 Å². The number of H-pyrrole nitrogens is 1. The Hall–Kier alpha value is -3.27. The van der Waals surface area contributed by atoms with Crippen molar-refractivity contribution < 1.29 is 4.79 Å². The van der Waals surface area contributed by atoms with Gasteiger partial charge in [-0.15, -0.1) is 0 Å².